The fourth-order valence-electron chi connectivity index (χ4n) is 2.32. The summed E-state index contributed by atoms with van der Waals surface area (Å²) in [6, 6.07) is 5.66. The molecule has 0 unspecified atom stereocenters. The predicted octanol–water partition coefficient (Wildman–Crippen LogP) is 1.56. The average molecular weight is 290 g/mol. The molecule has 5 heteroatoms. The number of carbonyl (C=O) groups excluding carboxylic acids is 2. The van der Waals surface area contributed by atoms with Crippen LogP contribution in [0.4, 0.5) is 0 Å². The van der Waals surface area contributed by atoms with Crippen LogP contribution in [0.2, 0.25) is 0 Å². The first kappa shape index (κ1) is 15.4. The van der Waals surface area contributed by atoms with Crippen LogP contribution in [0.15, 0.2) is 18.2 Å². The molecular formula is C16H22N2O3. The van der Waals surface area contributed by atoms with Crippen LogP contribution in [-0.2, 0) is 10.2 Å². The highest BCUT2D eigenvalue weighted by molar-refractivity contribution is 5.99. The van der Waals surface area contributed by atoms with Gasteiger partial charge in [-0.05, 0) is 23.1 Å². The van der Waals surface area contributed by atoms with Crippen LogP contribution < -0.4 is 10.1 Å². The lowest BCUT2D eigenvalue weighted by Crippen LogP contribution is -2.50. The number of piperazine rings is 1. The Bertz CT molecular complexity index is 561. The number of ether oxygens (including phenoxy) is 1. The number of hydrogen-bond acceptors (Lipinski definition) is 3. The Labute approximate surface area is 125 Å². The first-order valence-electron chi connectivity index (χ1n) is 7.07. The predicted molar refractivity (Wildman–Crippen MR) is 80.6 cm³/mol. The number of nitrogens with zero attached hydrogens (tertiary/aromatic N) is 1. The maximum absolute atomic E-state index is 12.7. The normalized spacial score (nSPS) is 15.6. The number of benzene rings is 1. The molecule has 0 atom stereocenters. The summed E-state index contributed by atoms with van der Waals surface area (Å²) in [6.07, 6.45) is 0. The van der Waals surface area contributed by atoms with E-state index in [9.17, 15) is 9.59 Å². The largest absolute Gasteiger partial charge is 0.496 e. The number of methoxy groups -OCH3 is 1. The van der Waals surface area contributed by atoms with E-state index < -0.39 is 0 Å². The Morgan fingerprint density at radius 2 is 2.05 bits per heavy atom. The Morgan fingerprint density at radius 1 is 1.33 bits per heavy atom. The summed E-state index contributed by atoms with van der Waals surface area (Å²) in [4.78, 5) is 25.7. The minimum absolute atomic E-state index is 0.0550. The van der Waals surface area contributed by atoms with Crippen LogP contribution in [0.1, 0.15) is 36.7 Å². The highest BCUT2D eigenvalue weighted by Gasteiger charge is 2.26. The van der Waals surface area contributed by atoms with Crippen molar-refractivity contribution in [3.8, 4) is 5.75 Å². The quantitative estimate of drug-likeness (QED) is 0.899. The Hall–Kier alpha value is -2.04. The molecule has 2 rings (SSSR count). The molecule has 1 aliphatic rings. The second-order valence-electron chi connectivity index (χ2n) is 6.24. The van der Waals surface area contributed by atoms with Crippen molar-refractivity contribution in [2.45, 2.75) is 26.2 Å². The van der Waals surface area contributed by atoms with Crippen molar-refractivity contribution >= 4 is 11.8 Å². The molecule has 1 N–H and O–H groups in total. The van der Waals surface area contributed by atoms with Gasteiger partial charge in [0, 0.05) is 13.1 Å². The minimum atomic E-state index is -0.159. The molecule has 0 radical (unpaired) electrons. The summed E-state index contributed by atoms with van der Waals surface area (Å²) < 4.78 is 5.30. The van der Waals surface area contributed by atoms with Gasteiger partial charge in [0.1, 0.15) is 5.75 Å². The first-order valence-corrected chi connectivity index (χ1v) is 7.07. The zero-order chi connectivity index (χ0) is 15.6. The van der Waals surface area contributed by atoms with Crippen molar-refractivity contribution in [3.05, 3.63) is 29.3 Å². The van der Waals surface area contributed by atoms with Crippen molar-refractivity contribution < 1.29 is 14.3 Å². The van der Waals surface area contributed by atoms with E-state index in [1.54, 1.807) is 12.0 Å². The summed E-state index contributed by atoms with van der Waals surface area (Å²) in [6.45, 7) is 7.40. The molecule has 1 aromatic carbocycles. The van der Waals surface area contributed by atoms with Crippen LogP contribution in [0, 0.1) is 0 Å². The molecule has 0 bridgehead atoms. The molecule has 1 heterocycles. The fourth-order valence-corrected chi connectivity index (χ4v) is 2.32. The lowest BCUT2D eigenvalue weighted by atomic mass is 9.86. The molecule has 1 aliphatic heterocycles. The first-order chi connectivity index (χ1) is 9.82. The van der Waals surface area contributed by atoms with Gasteiger partial charge < -0.3 is 15.0 Å². The van der Waals surface area contributed by atoms with Gasteiger partial charge in [-0.3, -0.25) is 9.59 Å². The molecule has 114 valence electrons. The SMILES string of the molecule is COc1ccc(C(C)(C)C)cc1C(=O)N1CCNC(=O)C1. The molecule has 2 amide bonds. The summed E-state index contributed by atoms with van der Waals surface area (Å²) in [5, 5.41) is 2.72. The second-order valence-corrected chi connectivity index (χ2v) is 6.24. The minimum Gasteiger partial charge on any atom is -0.496 e. The summed E-state index contributed by atoms with van der Waals surface area (Å²) in [5.74, 6) is 0.257. The second kappa shape index (κ2) is 5.76. The van der Waals surface area contributed by atoms with Crippen molar-refractivity contribution in [2.24, 2.45) is 0 Å². The van der Waals surface area contributed by atoms with E-state index in [-0.39, 0.29) is 23.8 Å². The number of nitrogens with one attached hydrogen (secondary N) is 1. The van der Waals surface area contributed by atoms with Gasteiger partial charge in [0.2, 0.25) is 5.91 Å². The van der Waals surface area contributed by atoms with Crippen LogP contribution in [-0.4, -0.2) is 43.5 Å². The van der Waals surface area contributed by atoms with Gasteiger partial charge in [-0.1, -0.05) is 26.8 Å². The van der Waals surface area contributed by atoms with Crippen LogP contribution in [0.25, 0.3) is 0 Å². The van der Waals surface area contributed by atoms with E-state index in [0.29, 0.717) is 24.4 Å². The standard InChI is InChI=1S/C16H22N2O3/c1-16(2,3)11-5-6-13(21-4)12(9-11)15(20)18-8-7-17-14(19)10-18/h5-6,9H,7-8,10H2,1-4H3,(H,17,19). The highest BCUT2D eigenvalue weighted by atomic mass is 16.5. The Balaban J connectivity index is 2.36. The number of carbonyl (C=O) groups is 2. The van der Waals surface area contributed by atoms with E-state index in [1.165, 1.54) is 0 Å². The maximum Gasteiger partial charge on any atom is 0.258 e. The smallest absolute Gasteiger partial charge is 0.258 e. The molecular weight excluding hydrogens is 268 g/mol. The summed E-state index contributed by atoms with van der Waals surface area (Å²) in [7, 11) is 1.55. The van der Waals surface area contributed by atoms with Crippen LogP contribution in [0.5, 0.6) is 5.75 Å². The molecule has 0 aromatic heterocycles. The van der Waals surface area contributed by atoms with Gasteiger partial charge in [-0.15, -0.1) is 0 Å². The Morgan fingerprint density at radius 3 is 2.62 bits per heavy atom. The molecule has 1 fully saturated rings. The third-order valence-corrected chi connectivity index (χ3v) is 3.62. The van der Waals surface area contributed by atoms with E-state index in [1.807, 2.05) is 18.2 Å². The molecule has 1 aromatic rings. The summed E-state index contributed by atoms with van der Waals surface area (Å²) >= 11 is 0. The van der Waals surface area contributed by atoms with Crippen molar-refractivity contribution in [3.63, 3.8) is 0 Å². The van der Waals surface area contributed by atoms with E-state index in [2.05, 4.69) is 26.1 Å². The molecule has 0 spiro atoms. The summed E-state index contributed by atoms with van der Waals surface area (Å²) in [5.41, 5.74) is 1.52. The van der Waals surface area contributed by atoms with Gasteiger partial charge in [-0.25, -0.2) is 0 Å². The molecule has 21 heavy (non-hydrogen) atoms. The number of rotatable bonds is 2. The molecule has 1 saturated heterocycles. The van der Waals surface area contributed by atoms with Crippen LogP contribution in [0.3, 0.4) is 0 Å². The van der Waals surface area contributed by atoms with Crippen LogP contribution >= 0.6 is 0 Å². The molecule has 0 aliphatic carbocycles. The average Bonchev–Trinajstić information content (AvgIpc) is 2.44. The third-order valence-electron chi connectivity index (χ3n) is 3.62. The van der Waals surface area contributed by atoms with Crippen molar-refractivity contribution in [2.75, 3.05) is 26.7 Å². The monoisotopic (exact) mass is 290 g/mol. The van der Waals surface area contributed by atoms with Gasteiger partial charge >= 0.3 is 0 Å². The lowest BCUT2D eigenvalue weighted by Gasteiger charge is -2.28. The third kappa shape index (κ3) is 3.35. The lowest BCUT2D eigenvalue weighted by molar-refractivity contribution is -0.123. The fraction of sp³-hybridized carbons (Fsp3) is 0.500. The van der Waals surface area contributed by atoms with E-state index >= 15 is 0 Å². The van der Waals surface area contributed by atoms with Crippen molar-refractivity contribution in [1.29, 1.82) is 0 Å². The van der Waals surface area contributed by atoms with Gasteiger partial charge in [0.25, 0.3) is 5.91 Å². The topological polar surface area (TPSA) is 58.6 Å². The number of hydrogen-bond donors (Lipinski definition) is 1. The van der Waals surface area contributed by atoms with Gasteiger partial charge in [0.05, 0.1) is 19.2 Å². The number of amides is 2. The van der Waals surface area contributed by atoms with E-state index in [0.717, 1.165) is 5.56 Å². The highest BCUT2D eigenvalue weighted by Crippen LogP contribution is 2.28. The van der Waals surface area contributed by atoms with Gasteiger partial charge in [0.15, 0.2) is 0 Å². The maximum atomic E-state index is 12.7. The van der Waals surface area contributed by atoms with Crippen molar-refractivity contribution in [1.82, 2.24) is 10.2 Å². The van der Waals surface area contributed by atoms with E-state index in [4.69, 9.17) is 4.74 Å². The zero-order valence-corrected chi connectivity index (χ0v) is 13.0. The Kier molecular flexibility index (Phi) is 4.21. The van der Waals surface area contributed by atoms with Gasteiger partial charge in [-0.2, -0.15) is 0 Å². The molecule has 5 nitrogen and oxygen atoms in total. The zero-order valence-electron chi connectivity index (χ0n) is 13.0. The molecule has 0 saturated carbocycles.